The quantitative estimate of drug-likeness (QED) is 0.760. The first-order valence-corrected chi connectivity index (χ1v) is 6.53. The molecular formula is C15H14ClN3O2. The largest absolute Gasteiger partial charge is 0.398 e. The third kappa shape index (κ3) is 3.32. The van der Waals surface area contributed by atoms with Crippen LogP contribution >= 0.6 is 11.6 Å². The molecule has 0 atom stereocenters. The Balaban J connectivity index is 2.23. The molecule has 0 heterocycles. The number of carbonyl (C=O) groups excluding carboxylic acids is 2. The van der Waals surface area contributed by atoms with Crippen molar-refractivity contribution < 1.29 is 9.59 Å². The Labute approximate surface area is 126 Å². The summed E-state index contributed by atoms with van der Waals surface area (Å²) in [5.41, 5.74) is 13.3. The molecular weight excluding hydrogens is 290 g/mol. The van der Waals surface area contributed by atoms with Crippen LogP contribution in [0.4, 0.5) is 11.4 Å². The first-order valence-electron chi connectivity index (χ1n) is 6.15. The number of primary amides is 1. The predicted octanol–water partition coefficient (Wildman–Crippen LogP) is 2.58. The van der Waals surface area contributed by atoms with Crippen LogP contribution in [0.5, 0.6) is 0 Å². The number of hydrogen-bond donors (Lipinski definition) is 3. The van der Waals surface area contributed by atoms with Gasteiger partial charge in [0.25, 0.3) is 5.91 Å². The van der Waals surface area contributed by atoms with Gasteiger partial charge in [0.2, 0.25) is 5.91 Å². The lowest BCUT2D eigenvalue weighted by Crippen LogP contribution is -2.15. The predicted molar refractivity (Wildman–Crippen MR) is 83.5 cm³/mol. The summed E-state index contributed by atoms with van der Waals surface area (Å²) in [6.45, 7) is 1.78. The molecule has 5 N–H and O–H groups in total. The summed E-state index contributed by atoms with van der Waals surface area (Å²) in [6, 6.07) is 9.46. The smallest absolute Gasteiger partial charge is 0.255 e. The van der Waals surface area contributed by atoms with Crippen LogP contribution in [0, 0.1) is 6.92 Å². The Morgan fingerprint density at radius 2 is 1.76 bits per heavy atom. The zero-order chi connectivity index (χ0) is 15.6. The van der Waals surface area contributed by atoms with Crippen LogP contribution in [0.15, 0.2) is 36.4 Å². The molecule has 0 aromatic heterocycles. The van der Waals surface area contributed by atoms with E-state index in [9.17, 15) is 9.59 Å². The highest BCUT2D eigenvalue weighted by Gasteiger charge is 2.10. The maximum atomic E-state index is 12.1. The molecule has 2 aromatic rings. The topological polar surface area (TPSA) is 98.2 Å². The number of aryl methyl sites for hydroxylation is 1. The molecule has 21 heavy (non-hydrogen) atoms. The van der Waals surface area contributed by atoms with Crippen molar-refractivity contribution in [2.45, 2.75) is 6.92 Å². The highest BCUT2D eigenvalue weighted by Crippen LogP contribution is 2.21. The molecule has 0 aliphatic carbocycles. The molecule has 0 spiro atoms. The third-order valence-electron chi connectivity index (χ3n) is 3.02. The minimum Gasteiger partial charge on any atom is -0.398 e. The molecule has 0 aliphatic rings. The molecule has 5 nitrogen and oxygen atoms in total. The number of benzene rings is 2. The Morgan fingerprint density at radius 3 is 2.33 bits per heavy atom. The number of nitrogen functional groups attached to an aromatic ring is 1. The van der Waals surface area contributed by atoms with Gasteiger partial charge in [-0.1, -0.05) is 11.6 Å². The molecule has 0 bridgehead atoms. The zero-order valence-corrected chi connectivity index (χ0v) is 12.1. The van der Waals surface area contributed by atoms with E-state index in [0.717, 1.165) is 5.56 Å². The molecule has 0 saturated carbocycles. The first-order chi connectivity index (χ1) is 9.88. The Hall–Kier alpha value is -2.53. The van der Waals surface area contributed by atoms with Gasteiger partial charge in [-0.15, -0.1) is 0 Å². The van der Waals surface area contributed by atoms with Crippen LogP contribution in [0.1, 0.15) is 26.3 Å². The van der Waals surface area contributed by atoms with Crippen molar-refractivity contribution in [1.82, 2.24) is 0 Å². The maximum absolute atomic E-state index is 12.1. The molecule has 2 amide bonds. The average molecular weight is 304 g/mol. The van der Waals surface area contributed by atoms with Gasteiger partial charge in [0.15, 0.2) is 0 Å². The maximum Gasteiger partial charge on any atom is 0.255 e. The first kappa shape index (κ1) is 14.9. The van der Waals surface area contributed by atoms with Crippen molar-refractivity contribution in [3.63, 3.8) is 0 Å². The second-order valence-electron chi connectivity index (χ2n) is 4.58. The minimum absolute atomic E-state index is 0.312. The van der Waals surface area contributed by atoms with Gasteiger partial charge in [0.1, 0.15) is 0 Å². The molecule has 0 aliphatic heterocycles. The van der Waals surface area contributed by atoms with Gasteiger partial charge in [-0.05, 0) is 48.9 Å². The second kappa shape index (κ2) is 5.85. The summed E-state index contributed by atoms with van der Waals surface area (Å²) < 4.78 is 0. The lowest BCUT2D eigenvalue weighted by atomic mass is 10.1. The third-order valence-corrected chi connectivity index (χ3v) is 3.36. The fraction of sp³-hybridized carbons (Fsp3) is 0.0667. The minimum atomic E-state index is -0.513. The van der Waals surface area contributed by atoms with E-state index >= 15 is 0 Å². The SMILES string of the molecule is Cc1cc(C(N)=O)ccc1NC(=O)c1ccc(Cl)c(N)c1. The fourth-order valence-corrected chi connectivity index (χ4v) is 1.95. The highest BCUT2D eigenvalue weighted by molar-refractivity contribution is 6.33. The van der Waals surface area contributed by atoms with E-state index in [1.54, 1.807) is 37.3 Å². The number of halogens is 1. The second-order valence-corrected chi connectivity index (χ2v) is 4.99. The summed E-state index contributed by atoms with van der Waals surface area (Å²) in [7, 11) is 0. The Kier molecular flexibility index (Phi) is 4.14. The monoisotopic (exact) mass is 303 g/mol. The number of hydrogen-bond acceptors (Lipinski definition) is 3. The van der Waals surface area contributed by atoms with Gasteiger partial charge in [-0.3, -0.25) is 9.59 Å². The van der Waals surface area contributed by atoms with E-state index in [1.807, 2.05) is 0 Å². The molecule has 0 fully saturated rings. The van der Waals surface area contributed by atoms with Gasteiger partial charge in [0.05, 0.1) is 10.7 Å². The average Bonchev–Trinajstić information content (AvgIpc) is 2.43. The summed E-state index contributed by atoms with van der Waals surface area (Å²) in [5.74, 6) is -0.824. The van der Waals surface area contributed by atoms with Gasteiger partial charge >= 0.3 is 0 Å². The molecule has 108 valence electrons. The number of amides is 2. The van der Waals surface area contributed by atoms with Crippen molar-refractivity contribution in [2.75, 3.05) is 11.1 Å². The Morgan fingerprint density at radius 1 is 1.10 bits per heavy atom. The van der Waals surface area contributed by atoms with Crippen LogP contribution < -0.4 is 16.8 Å². The van der Waals surface area contributed by atoms with Crippen molar-refractivity contribution >= 4 is 34.8 Å². The van der Waals surface area contributed by atoms with E-state index < -0.39 is 5.91 Å². The lowest BCUT2D eigenvalue weighted by Gasteiger charge is -2.10. The molecule has 0 unspecified atom stereocenters. The number of nitrogens with two attached hydrogens (primary N) is 2. The van der Waals surface area contributed by atoms with E-state index in [-0.39, 0.29) is 5.91 Å². The number of anilines is 2. The number of rotatable bonds is 3. The van der Waals surface area contributed by atoms with Crippen LogP contribution in [0.25, 0.3) is 0 Å². The molecule has 6 heteroatoms. The normalized spacial score (nSPS) is 10.2. The van der Waals surface area contributed by atoms with Crippen molar-refractivity contribution in [3.8, 4) is 0 Å². The van der Waals surface area contributed by atoms with E-state index in [2.05, 4.69) is 5.32 Å². The summed E-state index contributed by atoms with van der Waals surface area (Å²) in [5, 5.41) is 3.15. The molecule has 2 aromatic carbocycles. The van der Waals surface area contributed by atoms with Crippen LogP contribution in [0.2, 0.25) is 5.02 Å². The summed E-state index contributed by atoms with van der Waals surface area (Å²) in [6.07, 6.45) is 0. The van der Waals surface area contributed by atoms with Gasteiger partial charge in [-0.2, -0.15) is 0 Å². The van der Waals surface area contributed by atoms with Gasteiger partial charge in [0, 0.05) is 16.8 Å². The van der Waals surface area contributed by atoms with Crippen molar-refractivity contribution in [3.05, 3.63) is 58.1 Å². The highest BCUT2D eigenvalue weighted by atomic mass is 35.5. The van der Waals surface area contributed by atoms with Crippen LogP contribution in [-0.2, 0) is 0 Å². The van der Waals surface area contributed by atoms with E-state index in [0.29, 0.717) is 27.5 Å². The van der Waals surface area contributed by atoms with E-state index in [1.165, 1.54) is 6.07 Å². The van der Waals surface area contributed by atoms with E-state index in [4.69, 9.17) is 23.1 Å². The van der Waals surface area contributed by atoms with Gasteiger partial charge < -0.3 is 16.8 Å². The van der Waals surface area contributed by atoms with Crippen LogP contribution in [-0.4, -0.2) is 11.8 Å². The summed E-state index contributed by atoms with van der Waals surface area (Å²) >= 11 is 5.82. The van der Waals surface area contributed by atoms with Crippen molar-refractivity contribution in [1.29, 1.82) is 0 Å². The molecule has 0 saturated heterocycles. The number of nitrogens with one attached hydrogen (secondary N) is 1. The standard InChI is InChI=1S/C15H14ClN3O2/c1-8-6-9(14(18)20)3-5-13(8)19-15(21)10-2-4-11(16)12(17)7-10/h2-7H,17H2,1H3,(H2,18,20)(H,19,21). The van der Waals surface area contributed by atoms with Crippen LogP contribution in [0.3, 0.4) is 0 Å². The fourth-order valence-electron chi connectivity index (χ4n) is 1.84. The Bertz CT molecular complexity index is 729. The lowest BCUT2D eigenvalue weighted by molar-refractivity contribution is 0.0998. The number of carbonyl (C=O) groups is 2. The summed E-state index contributed by atoms with van der Waals surface area (Å²) in [4.78, 5) is 23.2. The molecule has 2 rings (SSSR count). The van der Waals surface area contributed by atoms with Gasteiger partial charge in [-0.25, -0.2) is 0 Å². The zero-order valence-electron chi connectivity index (χ0n) is 11.3. The van der Waals surface area contributed by atoms with Crippen molar-refractivity contribution in [2.24, 2.45) is 5.73 Å². The molecule has 0 radical (unpaired) electrons.